The van der Waals surface area contributed by atoms with Crippen LogP contribution in [-0.4, -0.2) is 43.5 Å². The Labute approximate surface area is 193 Å². The summed E-state index contributed by atoms with van der Waals surface area (Å²) in [5.41, 5.74) is 0.661. The summed E-state index contributed by atoms with van der Waals surface area (Å²) in [6, 6.07) is 6.64. The molecule has 0 aromatic heterocycles. The zero-order valence-electron chi connectivity index (χ0n) is 17.4. The molecule has 3 N–H and O–H groups in total. The van der Waals surface area contributed by atoms with Crippen molar-refractivity contribution in [1.82, 2.24) is 10.6 Å². The smallest absolute Gasteiger partial charge is 0.422 e. The van der Waals surface area contributed by atoms with E-state index in [2.05, 4.69) is 15.6 Å². The van der Waals surface area contributed by atoms with Gasteiger partial charge in [-0.3, -0.25) is 0 Å². The predicted octanol–water partition coefficient (Wildman–Crippen LogP) is 4.63. The molecule has 1 aliphatic rings. The molecule has 0 saturated heterocycles. The lowest BCUT2D eigenvalue weighted by molar-refractivity contribution is -0.153. The molecular weight excluding hydrogens is 510 g/mol. The maximum Gasteiger partial charge on any atom is 0.422 e. The third kappa shape index (κ3) is 9.28. The topological polar surface area (TPSA) is 65.9 Å². The Morgan fingerprint density at radius 3 is 2.50 bits per heavy atom. The molecule has 0 aliphatic heterocycles. The van der Waals surface area contributed by atoms with Crippen LogP contribution >= 0.6 is 24.0 Å². The molecule has 1 fully saturated rings. The van der Waals surface area contributed by atoms with E-state index in [1.807, 2.05) is 6.92 Å². The fraction of sp³-hybridized carbons (Fsp3) is 0.667. The van der Waals surface area contributed by atoms with Gasteiger partial charge in [0, 0.05) is 25.3 Å². The number of rotatable bonds is 9. The fourth-order valence-electron chi connectivity index (χ4n) is 3.77. The Balaban J connectivity index is 0.00000450. The molecule has 0 amide bonds. The molecule has 5 nitrogen and oxygen atoms in total. The van der Waals surface area contributed by atoms with E-state index in [1.54, 1.807) is 18.2 Å². The Morgan fingerprint density at radius 2 is 1.87 bits per heavy atom. The van der Waals surface area contributed by atoms with Crippen LogP contribution < -0.4 is 15.4 Å². The van der Waals surface area contributed by atoms with E-state index >= 15 is 0 Å². The van der Waals surface area contributed by atoms with Gasteiger partial charge in [0.1, 0.15) is 5.75 Å². The summed E-state index contributed by atoms with van der Waals surface area (Å²) < 4.78 is 42.4. The molecule has 1 aromatic carbocycles. The van der Waals surface area contributed by atoms with Crippen LogP contribution in [0.25, 0.3) is 0 Å². The average molecular weight is 543 g/mol. The lowest BCUT2D eigenvalue weighted by Crippen LogP contribution is -2.44. The third-order valence-corrected chi connectivity index (χ3v) is 5.30. The minimum Gasteiger partial charge on any atom is -0.484 e. The average Bonchev–Trinajstić information content (AvgIpc) is 2.69. The number of nitrogens with one attached hydrogen (secondary N) is 2. The standard InChI is InChI=1S/C21H32F3N3O2.HI/c1-2-25-19(27-15-20(12-13-28)10-6-3-7-11-20)26-14-17-8-4-5-9-18(17)29-16-21(22,23)24;/h4-5,8-9,28H,2-3,6-7,10-16H2,1H3,(H2,25,26,27);1H. The fourth-order valence-corrected chi connectivity index (χ4v) is 3.77. The lowest BCUT2D eigenvalue weighted by atomic mass is 9.72. The molecule has 9 heteroatoms. The van der Waals surface area contributed by atoms with Gasteiger partial charge in [0.2, 0.25) is 0 Å². The van der Waals surface area contributed by atoms with Crippen LogP contribution in [0.1, 0.15) is 51.0 Å². The molecule has 0 heterocycles. The molecule has 1 saturated carbocycles. The predicted molar refractivity (Wildman–Crippen MR) is 123 cm³/mol. The first kappa shape index (κ1) is 26.8. The van der Waals surface area contributed by atoms with E-state index in [-0.39, 0.29) is 48.3 Å². The first-order chi connectivity index (χ1) is 13.9. The number of para-hydroxylation sites is 1. The Hall–Kier alpha value is -1.23. The van der Waals surface area contributed by atoms with Crippen LogP contribution in [0.3, 0.4) is 0 Å². The van der Waals surface area contributed by atoms with Crippen molar-refractivity contribution < 1.29 is 23.0 Å². The highest BCUT2D eigenvalue weighted by molar-refractivity contribution is 14.0. The number of hydrogen-bond donors (Lipinski definition) is 3. The number of benzene rings is 1. The zero-order chi connectivity index (χ0) is 21.2. The second kappa shape index (κ2) is 13.2. The maximum atomic E-state index is 12.5. The zero-order valence-corrected chi connectivity index (χ0v) is 19.8. The minimum atomic E-state index is -4.38. The summed E-state index contributed by atoms with van der Waals surface area (Å²) in [6.45, 7) is 2.39. The van der Waals surface area contributed by atoms with Gasteiger partial charge < -0.3 is 20.5 Å². The summed E-state index contributed by atoms with van der Waals surface area (Å²) in [4.78, 5) is 4.54. The van der Waals surface area contributed by atoms with Crippen LogP contribution in [0, 0.1) is 5.41 Å². The molecular formula is C21H33F3IN3O2. The van der Waals surface area contributed by atoms with Crippen LogP contribution in [0.4, 0.5) is 13.2 Å². The van der Waals surface area contributed by atoms with Crippen molar-refractivity contribution >= 4 is 29.9 Å². The summed E-state index contributed by atoms with van der Waals surface area (Å²) >= 11 is 0. The second-order valence-corrected chi connectivity index (χ2v) is 7.59. The summed E-state index contributed by atoms with van der Waals surface area (Å²) in [7, 11) is 0. The Kier molecular flexibility index (Phi) is 11.8. The highest BCUT2D eigenvalue weighted by Crippen LogP contribution is 2.38. The van der Waals surface area contributed by atoms with Crippen LogP contribution in [0.15, 0.2) is 29.3 Å². The Bertz CT molecular complexity index is 645. The number of aliphatic hydroxyl groups is 1. The van der Waals surface area contributed by atoms with Crippen molar-refractivity contribution in [2.24, 2.45) is 10.4 Å². The van der Waals surface area contributed by atoms with Crippen LogP contribution in [0.5, 0.6) is 5.75 Å². The van der Waals surface area contributed by atoms with Gasteiger partial charge in [-0.25, -0.2) is 4.99 Å². The van der Waals surface area contributed by atoms with Gasteiger partial charge in [0.15, 0.2) is 12.6 Å². The summed E-state index contributed by atoms with van der Waals surface area (Å²) in [5, 5.41) is 16.0. The van der Waals surface area contributed by atoms with Crippen molar-refractivity contribution in [3.63, 3.8) is 0 Å². The van der Waals surface area contributed by atoms with E-state index in [1.165, 1.54) is 25.3 Å². The number of aliphatic imine (C=N–C) groups is 1. The van der Waals surface area contributed by atoms with Crippen molar-refractivity contribution in [3.05, 3.63) is 29.8 Å². The molecule has 0 atom stereocenters. The SMILES string of the molecule is CCNC(=NCc1ccccc1OCC(F)(F)F)NCC1(CCO)CCCCC1.I. The largest absolute Gasteiger partial charge is 0.484 e. The molecule has 0 spiro atoms. The molecule has 1 aromatic rings. The lowest BCUT2D eigenvalue weighted by Gasteiger charge is -2.37. The molecule has 172 valence electrons. The van der Waals surface area contributed by atoms with E-state index in [9.17, 15) is 18.3 Å². The number of alkyl halides is 3. The number of halogens is 4. The summed E-state index contributed by atoms with van der Waals surface area (Å²) in [6.07, 6.45) is 2.10. The number of hydrogen-bond acceptors (Lipinski definition) is 3. The minimum absolute atomic E-state index is 0. The van der Waals surface area contributed by atoms with Gasteiger partial charge in [-0.2, -0.15) is 13.2 Å². The van der Waals surface area contributed by atoms with Gasteiger partial charge in [0.25, 0.3) is 0 Å². The van der Waals surface area contributed by atoms with Crippen molar-refractivity contribution in [1.29, 1.82) is 0 Å². The van der Waals surface area contributed by atoms with E-state index < -0.39 is 12.8 Å². The highest BCUT2D eigenvalue weighted by Gasteiger charge is 2.31. The van der Waals surface area contributed by atoms with Gasteiger partial charge in [0.05, 0.1) is 6.54 Å². The first-order valence-electron chi connectivity index (χ1n) is 10.3. The second-order valence-electron chi connectivity index (χ2n) is 7.59. The van der Waals surface area contributed by atoms with Crippen molar-refractivity contribution in [2.75, 3.05) is 26.3 Å². The molecule has 30 heavy (non-hydrogen) atoms. The highest BCUT2D eigenvalue weighted by atomic mass is 127. The van der Waals surface area contributed by atoms with E-state index in [0.717, 1.165) is 19.3 Å². The third-order valence-electron chi connectivity index (χ3n) is 5.30. The van der Waals surface area contributed by atoms with Crippen molar-refractivity contribution in [2.45, 2.75) is 58.2 Å². The first-order valence-corrected chi connectivity index (χ1v) is 10.3. The molecule has 0 radical (unpaired) electrons. The van der Waals surface area contributed by atoms with E-state index in [4.69, 9.17) is 4.74 Å². The van der Waals surface area contributed by atoms with Gasteiger partial charge >= 0.3 is 6.18 Å². The van der Waals surface area contributed by atoms with Crippen LogP contribution in [-0.2, 0) is 6.54 Å². The maximum absolute atomic E-state index is 12.5. The van der Waals surface area contributed by atoms with Gasteiger partial charge in [-0.15, -0.1) is 24.0 Å². The normalized spacial score (nSPS) is 16.5. The number of nitrogens with zero attached hydrogens (tertiary/aromatic N) is 1. The number of aliphatic hydroxyl groups excluding tert-OH is 1. The van der Waals surface area contributed by atoms with Crippen LogP contribution in [0.2, 0.25) is 0 Å². The molecule has 1 aliphatic carbocycles. The monoisotopic (exact) mass is 543 g/mol. The quantitative estimate of drug-likeness (QED) is 0.242. The van der Waals surface area contributed by atoms with Crippen molar-refractivity contribution in [3.8, 4) is 5.75 Å². The Morgan fingerprint density at radius 1 is 1.17 bits per heavy atom. The molecule has 0 unspecified atom stereocenters. The summed E-state index contributed by atoms with van der Waals surface area (Å²) in [5.74, 6) is 0.800. The number of guanidine groups is 1. The van der Waals surface area contributed by atoms with Gasteiger partial charge in [-0.05, 0) is 37.7 Å². The molecule has 0 bridgehead atoms. The van der Waals surface area contributed by atoms with Gasteiger partial charge in [-0.1, -0.05) is 37.5 Å². The van der Waals surface area contributed by atoms with E-state index in [0.29, 0.717) is 24.6 Å². The molecule has 2 rings (SSSR count). The number of ether oxygens (including phenoxy) is 1.